The van der Waals surface area contributed by atoms with E-state index in [9.17, 15) is 14.0 Å². The van der Waals surface area contributed by atoms with Crippen LogP contribution in [0.25, 0.3) is 0 Å². The van der Waals surface area contributed by atoms with Crippen molar-refractivity contribution in [1.29, 1.82) is 0 Å². The second-order valence-corrected chi connectivity index (χ2v) is 1.70. The van der Waals surface area contributed by atoms with Crippen LogP contribution in [0.3, 0.4) is 0 Å². The van der Waals surface area contributed by atoms with Crippen LogP contribution >= 0.6 is 0 Å². The molecule has 0 heterocycles. The average molecular weight is 181 g/mol. The van der Waals surface area contributed by atoms with Gasteiger partial charge in [0.1, 0.15) is 0 Å². The molecule has 1 unspecified atom stereocenters. The van der Waals surface area contributed by atoms with E-state index >= 15 is 0 Å². The third-order valence-corrected chi connectivity index (χ3v) is 0.781. The smallest absolute Gasteiger partial charge is 0.332 e. The molecule has 0 saturated carbocycles. The van der Waals surface area contributed by atoms with Gasteiger partial charge in [-0.2, -0.15) is 0 Å². The standard InChI is InChI=1S/C5H8FNO5/c1-11-4(6)5(10)7-12-2-3(8)9/h4H,2H2,1H3,(H,7,10)(H,8,9). The van der Waals surface area contributed by atoms with Crippen LogP contribution in [0.15, 0.2) is 0 Å². The Bertz CT molecular complexity index is 173. The fraction of sp³-hybridized carbons (Fsp3) is 0.600. The number of ether oxygens (including phenoxy) is 1. The molecule has 0 aromatic heterocycles. The molecule has 1 atom stereocenters. The molecule has 1 amide bonds. The number of rotatable bonds is 5. The lowest BCUT2D eigenvalue weighted by molar-refractivity contribution is -0.159. The summed E-state index contributed by atoms with van der Waals surface area (Å²) in [6.45, 7) is -0.734. The van der Waals surface area contributed by atoms with Gasteiger partial charge < -0.3 is 9.84 Å². The molecule has 0 aliphatic heterocycles. The Morgan fingerprint density at radius 2 is 2.25 bits per heavy atom. The van der Waals surface area contributed by atoms with Crippen molar-refractivity contribution in [2.45, 2.75) is 6.36 Å². The summed E-state index contributed by atoms with van der Waals surface area (Å²) in [6, 6.07) is 0. The zero-order valence-corrected chi connectivity index (χ0v) is 6.24. The predicted octanol–water partition coefficient (Wildman–Crippen LogP) is -0.939. The topological polar surface area (TPSA) is 84.9 Å². The average Bonchev–Trinajstić information content (AvgIpc) is 2.02. The van der Waals surface area contributed by atoms with Crippen molar-refractivity contribution in [1.82, 2.24) is 5.48 Å². The molecule has 0 aromatic rings. The fourth-order valence-electron chi connectivity index (χ4n) is 0.322. The normalized spacial score (nSPS) is 12.2. The van der Waals surface area contributed by atoms with Gasteiger partial charge in [-0.25, -0.2) is 14.7 Å². The molecule has 0 rings (SSSR count). The first-order chi connectivity index (χ1) is 5.57. The van der Waals surface area contributed by atoms with Crippen molar-refractivity contribution in [3.63, 3.8) is 0 Å². The molecule has 0 bridgehead atoms. The first-order valence-corrected chi connectivity index (χ1v) is 2.88. The summed E-state index contributed by atoms with van der Waals surface area (Å²) in [5.41, 5.74) is 1.54. The Hall–Kier alpha value is -1.21. The predicted molar refractivity (Wildman–Crippen MR) is 33.6 cm³/mol. The molecule has 2 N–H and O–H groups in total. The first-order valence-electron chi connectivity index (χ1n) is 2.88. The number of hydrogen-bond donors (Lipinski definition) is 2. The van der Waals surface area contributed by atoms with E-state index in [2.05, 4.69) is 9.57 Å². The molecular formula is C5H8FNO5. The van der Waals surface area contributed by atoms with Gasteiger partial charge in [0, 0.05) is 7.11 Å². The molecule has 0 radical (unpaired) electrons. The number of amides is 1. The SMILES string of the molecule is COC(F)C(=O)NOCC(=O)O. The van der Waals surface area contributed by atoms with Crippen molar-refractivity contribution < 1.29 is 28.7 Å². The van der Waals surface area contributed by atoms with E-state index in [0.29, 0.717) is 0 Å². The van der Waals surface area contributed by atoms with Crippen molar-refractivity contribution in [3.8, 4) is 0 Å². The zero-order valence-electron chi connectivity index (χ0n) is 6.24. The van der Waals surface area contributed by atoms with E-state index in [1.165, 1.54) is 0 Å². The quantitative estimate of drug-likeness (QED) is 0.535. The van der Waals surface area contributed by atoms with Gasteiger partial charge in [0.25, 0.3) is 6.36 Å². The van der Waals surface area contributed by atoms with Gasteiger partial charge in [-0.05, 0) is 0 Å². The Balaban J connectivity index is 3.50. The van der Waals surface area contributed by atoms with Crippen molar-refractivity contribution in [3.05, 3.63) is 0 Å². The molecule has 0 spiro atoms. The van der Waals surface area contributed by atoms with Gasteiger partial charge >= 0.3 is 11.9 Å². The van der Waals surface area contributed by atoms with Gasteiger partial charge in [-0.1, -0.05) is 0 Å². The second-order valence-electron chi connectivity index (χ2n) is 1.70. The number of halogens is 1. The Kier molecular flexibility index (Phi) is 4.89. The molecule has 0 fully saturated rings. The van der Waals surface area contributed by atoms with Crippen LogP contribution in [0.1, 0.15) is 0 Å². The van der Waals surface area contributed by atoms with Gasteiger partial charge in [0.05, 0.1) is 0 Å². The van der Waals surface area contributed by atoms with Gasteiger partial charge in [-0.3, -0.25) is 9.63 Å². The second kappa shape index (κ2) is 5.44. The van der Waals surface area contributed by atoms with E-state index in [-0.39, 0.29) is 0 Å². The summed E-state index contributed by atoms with van der Waals surface area (Å²) in [5, 5.41) is 8.02. The van der Waals surface area contributed by atoms with E-state index in [4.69, 9.17) is 5.11 Å². The molecule has 12 heavy (non-hydrogen) atoms. The first kappa shape index (κ1) is 10.8. The molecule has 0 saturated heterocycles. The lowest BCUT2D eigenvalue weighted by Gasteiger charge is -2.05. The van der Waals surface area contributed by atoms with E-state index in [1.807, 2.05) is 0 Å². The van der Waals surface area contributed by atoms with Crippen molar-refractivity contribution in [2.75, 3.05) is 13.7 Å². The van der Waals surface area contributed by atoms with Crippen LogP contribution < -0.4 is 5.48 Å². The van der Waals surface area contributed by atoms with Crippen molar-refractivity contribution >= 4 is 11.9 Å². The monoisotopic (exact) mass is 181 g/mol. The van der Waals surface area contributed by atoms with Crippen LogP contribution in [0.2, 0.25) is 0 Å². The molecule has 6 nitrogen and oxygen atoms in total. The number of carbonyl (C=O) groups is 2. The van der Waals surface area contributed by atoms with Crippen LogP contribution in [-0.2, 0) is 19.2 Å². The van der Waals surface area contributed by atoms with Crippen molar-refractivity contribution in [2.24, 2.45) is 0 Å². The van der Waals surface area contributed by atoms with E-state index < -0.39 is 24.8 Å². The van der Waals surface area contributed by atoms with Gasteiger partial charge in [0.2, 0.25) is 0 Å². The number of nitrogens with one attached hydrogen (secondary N) is 1. The maximum atomic E-state index is 12.2. The van der Waals surface area contributed by atoms with E-state index in [0.717, 1.165) is 7.11 Å². The lowest BCUT2D eigenvalue weighted by Crippen LogP contribution is -2.34. The summed E-state index contributed by atoms with van der Waals surface area (Å²) >= 11 is 0. The van der Waals surface area contributed by atoms with Gasteiger partial charge in [-0.15, -0.1) is 0 Å². The highest BCUT2D eigenvalue weighted by Crippen LogP contribution is 1.89. The highest BCUT2D eigenvalue weighted by atomic mass is 19.1. The van der Waals surface area contributed by atoms with Crippen LogP contribution in [-0.4, -0.2) is 37.1 Å². The summed E-state index contributed by atoms with van der Waals surface area (Å²) in [4.78, 5) is 24.3. The summed E-state index contributed by atoms with van der Waals surface area (Å²) in [7, 11) is 0.988. The summed E-state index contributed by atoms with van der Waals surface area (Å²) in [5.74, 6) is -2.46. The van der Waals surface area contributed by atoms with E-state index in [1.54, 1.807) is 5.48 Å². The third-order valence-electron chi connectivity index (χ3n) is 0.781. The Morgan fingerprint density at radius 1 is 1.67 bits per heavy atom. The Labute approximate surface area is 67.2 Å². The minimum Gasteiger partial charge on any atom is -0.479 e. The highest BCUT2D eigenvalue weighted by molar-refractivity contribution is 5.78. The Morgan fingerprint density at radius 3 is 2.67 bits per heavy atom. The van der Waals surface area contributed by atoms with Crippen LogP contribution in [0.4, 0.5) is 4.39 Å². The van der Waals surface area contributed by atoms with Crippen LogP contribution in [0, 0.1) is 0 Å². The third kappa shape index (κ3) is 4.58. The van der Waals surface area contributed by atoms with Crippen LogP contribution in [0.5, 0.6) is 0 Å². The maximum absolute atomic E-state index is 12.2. The van der Waals surface area contributed by atoms with Gasteiger partial charge in [0.15, 0.2) is 6.61 Å². The number of carboxylic acids is 1. The maximum Gasteiger partial charge on any atom is 0.332 e. The number of methoxy groups -OCH3 is 1. The number of alkyl halides is 1. The fourth-order valence-corrected chi connectivity index (χ4v) is 0.322. The number of hydrogen-bond acceptors (Lipinski definition) is 4. The number of carbonyl (C=O) groups excluding carboxylic acids is 1. The number of hydroxylamine groups is 1. The minimum atomic E-state index is -2.15. The zero-order chi connectivity index (χ0) is 9.56. The molecule has 0 aliphatic carbocycles. The largest absolute Gasteiger partial charge is 0.479 e. The number of carboxylic acid groups (broad SMARTS) is 1. The summed E-state index contributed by atoms with van der Waals surface area (Å²) < 4.78 is 16.2. The molecule has 0 aliphatic rings. The lowest BCUT2D eigenvalue weighted by atomic mass is 10.6. The highest BCUT2D eigenvalue weighted by Gasteiger charge is 2.15. The minimum absolute atomic E-state index is 0.734. The number of aliphatic carboxylic acids is 1. The molecule has 70 valence electrons. The molecule has 0 aromatic carbocycles. The molecular weight excluding hydrogens is 173 g/mol. The molecule has 7 heteroatoms. The summed E-state index contributed by atoms with van der Waals surface area (Å²) in [6.07, 6.45) is -2.15.